The molecule has 0 aliphatic carbocycles. The highest BCUT2D eigenvalue weighted by atomic mass is 16.6. The topological polar surface area (TPSA) is 47.9 Å². The number of hydrogen-bond donors (Lipinski definition) is 0. The van der Waals surface area contributed by atoms with Crippen LogP contribution in [0.25, 0.3) is 6.08 Å². The number of carbonyl (C=O) groups excluding carboxylic acids is 1. The van der Waals surface area contributed by atoms with Gasteiger partial charge in [0.15, 0.2) is 5.70 Å². The average Bonchev–Trinajstić information content (AvgIpc) is 2.95. The van der Waals surface area contributed by atoms with Crippen molar-refractivity contribution in [2.45, 2.75) is 0 Å². The van der Waals surface area contributed by atoms with Crippen molar-refractivity contribution in [1.29, 1.82) is 0 Å². The largest absolute Gasteiger partial charge is 0.489 e. The number of para-hydroxylation sites is 1. The molecule has 3 rings (SSSR count). The standard InChI is InChI=1S/C19H15NO3/c1-2-12-22-17-11-7-6-10-15(17)18-20-16(19(21)23-18)13-14-8-4-3-5-9-14/h2-11,13H,1,12H2/b16-13-. The minimum Gasteiger partial charge on any atom is -0.489 e. The molecule has 0 unspecified atom stereocenters. The van der Waals surface area contributed by atoms with Crippen molar-refractivity contribution >= 4 is 17.9 Å². The lowest BCUT2D eigenvalue weighted by atomic mass is 10.2. The number of ether oxygens (including phenoxy) is 2. The molecule has 0 fully saturated rings. The van der Waals surface area contributed by atoms with Crippen LogP contribution < -0.4 is 4.74 Å². The number of nitrogens with zero attached hydrogens (tertiary/aromatic N) is 1. The van der Waals surface area contributed by atoms with Crippen molar-refractivity contribution in [3.63, 3.8) is 0 Å². The summed E-state index contributed by atoms with van der Waals surface area (Å²) in [7, 11) is 0. The third kappa shape index (κ3) is 3.37. The first-order valence-electron chi connectivity index (χ1n) is 7.18. The van der Waals surface area contributed by atoms with E-state index in [2.05, 4.69) is 11.6 Å². The number of benzene rings is 2. The minimum atomic E-state index is -0.470. The lowest BCUT2D eigenvalue weighted by Crippen LogP contribution is -2.08. The molecule has 0 radical (unpaired) electrons. The van der Waals surface area contributed by atoms with Gasteiger partial charge in [-0.15, -0.1) is 0 Å². The van der Waals surface area contributed by atoms with Crippen molar-refractivity contribution in [2.75, 3.05) is 6.61 Å². The summed E-state index contributed by atoms with van der Waals surface area (Å²) < 4.78 is 10.9. The van der Waals surface area contributed by atoms with E-state index < -0.39 is 5.97 Å². The van der Waals surface area contributed by atoms with E-state index in [1.165, 1.54) is 0 Å². The Morgan fingerprint density at radius 3 is 2.61 bits per heavy atom. The molecule has 23 heavy (non-hydrogen) atoms. The van der Waals surface area contributed by atoms with Gasteiger partial charge in [-0.25, -0.2) is 9.79 Å². The maximum Gasteiger partial charge on any atom is 0.363 e. The Labute approximate surface area is 134 Å². The summed E-state index contributed by atoms with van der Waals surface area (Å²) in [5, 5.41) is 0. The Bertz CT molecular complexity index is 791. The predicted octanol–water partition coefficient (Wildman–Crippen LogP) is 3.60. The van der Waals surface area contributed by atoms with E-state index in [1.807, 2.05) is 42.5 Å². The lowest BCUT2D eigenvalue weighted by Gasteiger charge is -2.08. The molecule has 4 nitrogen and oxygen atoms in total. The second-order valence-electron chi connectivity index (χ2n) is 4.84. The number of aliphatic imine (C=N–C) groups is 1. The highest BCUT2D eigenvalue weighted by Gasteiger charge is 2.26. The molecule has 0 saturated heterocycles. The fraction of sp³-hybridized carbons (Fsp3) is 0.0526. The molecule has 0 saturated carbocycles. The van der Waals surface area contributed by atoms with Gasteiger partial charge in [0.25, 0.3) is 0 Å². The zero-order valence-electron chi connectivity index (χ0n) is 12.4. The SMILES string of the molecule is C=CCOc1ccccc1C1=N/C(=C\c2ccccc2)C(=O)O1. The van der Waals surface area contributed by atoms with Crippen LogP contribution in [-0.4, -0.2) is 18.5 Å². The third-order valence-electron chi connectivity index (χ3n) is 3.20. The second kappa shape index (κ2) is 6.75. The van der Waals surface area contributed by atoms with E-state index in [0.29, 0.717) is 17.9 Å². The molecule has 0 bridgehead atoms. The molecule has 0 amide bonds. The molecule has 1 heterocycles. The normalized spacial score (nSPS) is 15.2. The van der Waals surface area contributed by atoms with Gasteiger partial charge in [-0.1, -0.05) is 55.1 Å². The van der Waals surface area contributed by atoms with Gasteiger partial charge in [0, 0.05) is 0 Å². The third-order valence-corrected chi connectivity index (χ3v) is 3.20. The van der Waals surface area contributed by atoms with Crippen molar-refractivity contribution in [2.24, 2.45) is 4.99 Å². The maximum atomic E-state index is 12.0. The molecule has 2 aromatic carbocycles. The summed E-state index contributed by atoms with van der Waals surface area (Å²) in [4.78, 5) is 16.3. The fourth-order valence-corrected chi connectivity index (χ4v) is 2.15. The summed E-state index contributed by atoms with van der Waals surface area (Å²) >= 11 is 0. The van der Waals surface area contributed by atoms with Gasteiger partial charge < -0.3 is 9.47 Å². The summed E-state index contributed by atoms with van der Waals surface area (Å²) in [6.45, 7) is 3.99. The molecule has 0 N–H and O–H groups in total. The number of rotatable bonds is 5. The minimum absolute atomic E-state index is 0.247. The molecule has 0 aromatic heterocycles. The Balaban J connectivity index is 1.93. The lowest BCUT2D eigenvalue weighted by molar-refractivity contribution is -0.129. The van der Waals surface area contributed by atoms with Gasteiger partial charge in [-0.3, -0.25) is 0 Å². The van der Waals surface area contributed by atoms with Gasteiger partial charge in [-0.2, -0.15) is 0 Å². The maximum absolute atomic E-state index is 12.0. The molecule has 0 spiro atoms. The zero-order chi connectivity index (χ0) is 16.1. The first-order valence-corrected chi connectivity index (χ1v) is 7.18. The van der Waals surface area contributed by atoms with Gasteiger partial charge in [0.2, 0.25) is 5.90 Å². The van der Waals surface area contributed by atoms with Crippen molar-refractivity contribution < 1.29 is 14.3 Å². The van der Waals surface area contributed by atoms with E-state index in [4.69, 9.17) is 9.47 Å². The van der Waals surface area contributed by atoms with Crippen LogP contribution in [0.5, 0.6) is 5.75 Å². The van der Waals surface area contributed by atoms with Gasteiger partial charge in [0.05, 0.1) is 5.56 Å². The molecular weight excluding hydrogens is 290 g/mol. The summed E-state index contributed by atoms with van der Waals surface area (Å²) in [6.07, 6.45) is 3.35. The van der Waals surface area contributed by atoms with Crippen molar-refractivity contribution in [3.8, 4) is 5.75 Å². The van der Waals surface area contributed by atoms with Gasteiger partial charge in [-0.05, 0) is 23.8 Å². The van der Waals surface area contributed by atoms with Crippen LogP contribution in [0.2, 0.25) is 0 Å². The smallest absolute Gasteiger partial charge is 0.363 e. The van der Waals surface area contributed by atoms with Crippen LogP contribution >= 0.6 is 0 Å². The number of hydrogen-bond acceptors (Lipinski definition) is 4. The van der Waals surface area contributed by atoms with Crippen LogP contribution in [0, 0.1) is 0 Å². The Kier molecular flexibility index (Phi) is 4.34. The molecule has 0 atom stereocenters. The number of esters is 1. The second-order valence-corrected chi connectivity index (χ2v) is 4.84. The van der Waals surface area contributed by atoms with E-state index in [0.717, 1.165) is 5.56 Å². The molecule has 114 valence electrons. The van der Waals surface area contributed by atoms with E-state index in [-0.39, 0.29) is 11.6 Å². The first kappa shape index (κ1) is 14.8. The Morgan fingerprint density at radius 1 is 1.09 bits per heavy atom. The molecular formula is C19H15NO3. The molecule has 1 aliphatic heterocycles. The molecule has 1 aliphatic rings. The van der Waals surface area contributed by atoms with Crippen LogP contribution in [0.15, 0.2) is 77.9 Å². The van der Waals surface area contributed by atoms with E-state index in [9.17, 15) is 4.79 Å². The van der Waals surface area contributed by atoms with Gasteiger partial charge >= 0.3 is 5.97 Å². The van der Waals surface area contributed by atoms with Gasteiger partial charge in [0.1, 0.15) is 12.4 Å². The first-order chi connectivity index (χ1) is 11.3. The fourth-order valence-electron chi connectivity index (χ4n) is 2.15. The number of carbonyl (C=O) groups is 1. The monoisotopic (exact) mass is 305 g/mol. The van der Waals surface area contributed by atoms with Crippen LogP contribution in [0.4, 0.5) is 0 Å². The van der Waals surface area contributed by atoms with Crippen molar-refractivity contribution in [3.05, 3.63) is 84.1 Å². The van der Waals surface area contributed by atoms with E-state index in [1.54, 1.807) is 24.3 Å². The summed E-state index contributed by atoms with van der Waals surface area (Å²) in [5.74, 6) is 0.374. The summed E-state index contributed by atoms with van der Waals surface area (Å²) in [5.41, 5.74) is 1.80. The highest BCUT2D eigenvalue weighted by Crippen LogP contribution is 2.25. The number of cyclic esters (lactones) is 1. The highest BCUT2D eigenvalue weighted by molar-refractivity contribution is 6.13. The van der Waals surface area contributed by atoms with Crippen LogP contribution in [-0.2, 0) is 9.53 Å². The Hall–Kier alpha value is -3.14. The van der Waals surface area contributed by atoms with E-state index >= 15 is 0 Å². The molecule has 2 aromatic rings. The van der Waals surface area contributed by atoms with Crippen LogP contribution in [0.1, 0.15) is 11.1 Å². The average molecular weight is 305 g/mol. The Morgan fingerprint density at radius 2 is 1.83 bits per heavy atom. The summed E-state index contributed by atoms with van der Waals surface area (Å²) in [6, 6.07) is 16.8. The van der Waals surface area contributed by atoms with Crippen LogP contribution in [0.3, 0.4) is 0 Å². The van der Waals surface area contributed by atoms with Crippen molar-refractivity contribution in [1.82, 2.24) is 0 Å². The quantitative estimate of drug-likeness (QED) is 0.482. The molecule has 4 heteroatoms. The zero-order valence-corrected chi connectivity index (χ0v) is 12.4. The predicted molar refractivity (Wildman–Crippen MR) is 89.2 cm³/mol.